The fraction of sp³-hybridized carbons (Fsp3) is 0.167. The lowest BCUT2D eigenvalue weighted by molar-refractivity contribution is 0.0697. The van der Waals surface area contributed by atoms with Crippen molar-refractivity contribution in [2.75, 3.05) is 11.9 Å². The van der Waals surface area contributed by atoms with Crippen molar-refractivity contribution >= 4 is 23.0 Å². The second-order valence-electron chi connectivity index (χ2n) is 3.78. The molecule has 0 aliphatic rings. The van der Waals surface area contributed by atoms with Gasteiger partial charge in [0.25, 0.3) is 0 Å². The molecular weight excluding hydrogens is 255 g/mol. The van der Waals surface area contributed by atoms with E-state index in [4.69, 9.17) is 5.11 Å². The van der Waals surface area contributed by atoms with E-state index in [0.29, 0.717) is 6.54 Å². The van der Waals surface area contributed by atoms with E-state index in [0.717, 1.165) is 5.69 Å². The van der Waals surface area contributed by atoms with Crippen molar-refractivity contribution < 1.29 is 14.3 Å². The van der Waals surface area contributed by atoms with Crippen LogP contribution in [0.3, 0.4) is 0 Å². The van der Waals surface area contributed by atoms with E-state index < -0.39 is 11.8 Å². The van der Waals surface area contributed by atoms with Crippen LogP contribution in [0.25, 0.3) is 0 Å². The van der Waals surface area contributed by atoms with Gasteiger partial charge in [0.05, 0.1) is 29.0 Å². The average molecular weight is 266 g/mol. The second-order valence-corrected chi connectivity index (χ2v) is 4.50. The standard InChI is InChI=1S/C12H11FN2O2S/c1-15(5-8-6-18-7-14-8)11-9(12(16)17)3-2-4-10(11)13/h2-4,6-7H,5H2,1H3,(H,16,17). The molecule has 2 aromatic rings. The molecule has 0 saturated carbocycles. The smallest absolute Gasteiger partial charge is 0.337 e. The first-order valence-electron chi connectivity index (χ1n) is 5.19. The summed E-state index contributed by atoms with van der Waals surface area (Å²) in [6, 6.07) is 4.02. The Morgan fingerprint density at radius 2 is 2.33 bits per heavy atom. The van der Waals surface area contributed by atoms with Crippen molar-refractivity contribution in [1.29, 1.82) is 0 Å². The van der Waals surface area contributed by atoms with Crippen molar-refractivity contribution in [2.45, 2.75) is 6.54 Å². The zero-order chi connectivity index (χ0) is 13.1. The molecule has 0 bridgehead atoms. The molecule has 1 N–H and O–H groups in total. The molecule has 0 fully saturated rings. The summed E-state index contributed by atoms with van der Waals surface area (Å²) < 4.78 is 13.8. The molecule has 0 unspecified atom stereocenters. The number of para-hydroxylation sites is 1. The van der Waals surface area contributed by atoms with Crippen LogP contribution in [-0.2, 0) is 6.54 Å². The molecule has 4 nitrogen and oxygen atoms in total. The van der Waals surface area contributed by atoms with Crippen LogP contribution in [0.2, 0.25) is 0 Å². The number of nitrogens with zero attached hydrogens (tertiary/aromatic N) is 2. The fourth-order valence-electron chi connectivity index (χ4n) is 1.71. The Kier molecular flexibility index (Phi) is 3.57. The number of carboxylic acid groups (broad SMARTS) is 1. The predicted molar refractivity (Wildman–Crippen MR) is 67.6 cm³/mol. The summed E-state index contributed by atoms with van der Waals surface area (Å²) in [4.78, 5) is 16.7. The largest absolute Gasteiger partial charge is 0.478 e. The molecule has 0 aliphatic heterocycles. The van der Waals surface area contributed by atoms with Crippen LogP contribution >= 0.6 is 11.3 Å². The maximum atomic E-state index is 13.8. The van der Waals surface area contributed by atoms with E-state index in [2.05, 4.69) is 4.98 Å². The zero-order valence-corrected chi connectivity index (χ0v) is 10.4. The number of hydrogen-bond donors (Lipinski definition) is 1. The zero-order valence-electron chi connectivity index (χ0n) is 9.63. The third kappa shape index (κ3) is 2.48. The first-order valence-corrected chi connectivity index (χ1v) is 6.14. The summed E-state index contributed by atoms with van der Waals surface area (Å²) in [5, 5.41) is 10.9. The third-order valence-corrected chi connectivity index (χ3v) is 3.12. The van der Waals surface area contributed by atoms with Crippen molar-refractivity contribution in [3.63, 3.8) is 0 Å². The van der Waals surface area contributed by atoms with E-state index in [1.54, 1.807) is 17.5 Å². The molecule has 0 atom stereocenters. The van der Waals surface area contributed by atoms with Gasteiger partial charge in [-0.1, -0.05) is 6.07 Å². The second kappa shape index (κ2) is 5.14. The Morgan fingerprint density at radius 1 is 1.56 bits per heavy atom. The summed E-state index contributed by atoms with van der Waals surface area (Å²) >= 11 is 1.44. The van der Waals surface area contributed by atoms with Crippen LogP contribution in [-0.4, -0.2) is 23.1 Å². The maximum absolute atomic E-state index is 13.8. The summed E-state index contributed by atoms with van der Waals surface area (Å²) in [5.74, 6) is -1.69. The lowest BCUT2D eigenvalue weighted by Crippen LogP contribution is -2.21. The number of carbonyl (C=O) groups is 1. The van der Waals surface area contributed by atoms with E-state index in [1.807, 2.05) is 5.38 Å². The fourth-order valence-corrected chi connectivity index (χ4v) is 2.26. The number of carboxylic acids is 1. The molecule has 18 heavy (non-hydrogen) atoms. The molecule has 94 valence electrons. The highest BCUT2D eigenvalue weighted by atomic mass is 32.1. The van der Waals surface area contributed by atoms with Gasteiger partial charge in [0.1, 0.15) is 5.82 Å². The van der Waals surface area contributed by atoms with Crippen LogP contribution in [0, 0.1) is 5.82 Å². The van der Waals surface area contributed by atoms with Crippen molar-refractivity contribution in [3.05, 3.63) is 46.2 Å². The molecular formula is C12H11FN2O2S. The van der Waals surface area contributed by atoms with Gasteiger partial charge < -0.3 is 10.0 Å². The van der Waals surface area contributed by atoms with E-state index in [-0.39, 0.29) is 11.3 Å². The van der Waals surface area contributed by atoms with Crippen molar-refractivity contribution in [2.24, 2.45) is 0 Å². The molecule has 1 aromatic carbocycles. The summed E-state index contributed by atoms with van der Waals surface area (Å²) in [6.07, 6.45) is 0. The van der Waals surface area contributed by atoms with Crippen LogP contribution < -0.4 is 4.90 Å². The van der Waals surface area contributed by atoms with E-state index in [1.165, 1.54) is 29.5 Å². The summed E-state index contributed by atoms with van der Waals surface area (Å²) in [7, 11) is 1.64. The van der Waals surface area contributed by atoms with Gasteiger partial charge in [0.15, 0.2) is 0 Å². The number of aromatic carboxylic acids is 1. The number of aromatic nitrogens is 1. The topological polar surface area (TPSA) is 53.4 Å². The van der Waals surface area contributed by atoms with Gasteiger partial charge >= 0.3 is 5.97 Å². The van der Waals surface area contributed by atoms with Crippen LogP contribution in [0.4, 0.5) is 10.1 Å². The molecule has 0 saturated heterocycles. The minimum absolute atomic E-state index is 0.0484. The molecule has 2 rings (SSSR count). The Bertz CT molecular complexity index is 557. The number of benzene rings is 1. The molecule has 1 aromatic heterocycles. The normalized spacial score (nSPS) is 10.3. The lowest BCUT2D eigenvalue weighted by Gasteiger charge is -2.20. The van der Waals surface area contributed by atoms with Crippen LogP contribution in [0.5, 0.6) is 0 Å². The number of halogens is 1. The Hall–Kier alpha value is -1.95. The third-order valence-electron chi connectivity index (χ3n) is 2.48. The van der Waals surface area contributed by atoms with Gasteiger partial charge in [0, 0.05) is 12.4 Å². The minimum Gasteiger partial charge on any atom is -0.478 e. The maximum Gasteiger partial charge on any atom is 0.337 e. The predicted octanol–water partition coefficient (Wildman–Crippen LogP) is 2.62. The average Bonchev–Trinajstić information content (AvgIpc) is 2.81. The van der Waals surface area contributed by atoms with Gasteiger partial charge in [0.2, 0.25) is 0 Å². The quantitative estimate of drug-likeness (QED) is 0.924. The molecule has 1 heterocycles. The van der Waals surface area contributed by atoms with Crippen molar-refractivity contribution in [1.82, 2.24) is 4.98 Å². The lowest BCUT2D eigenvalue weighted by atomic mass is 10.1. The van der Waals surface area contributed by atoms with Gasteiger partial charge in [-0.25, -0.2) is 14.2 Å². The minimum atomic E-state index is -1.14. The first-order chi connectivity index (χ1) is 8.59. The van der Waals surface area contributed by atoms with Crippen LogP contribution in [0.15, 0.2) is 29.1 Å². The summed E-state index contributed by atoms with van der Waals surface area (Å²) in [5.41, 5.74) is 2.50. The van der Waals surface area contributed by atoms with E-state index in [9.17, 15) is 9.18 Å². The highest BCUT2D eigenvalue weighted by molar-refractivity contribution is 7.07. The number of anilines is 1. The molecule has 0 spiro atoms. The molecule has 0 aliphatic carbocycles. The van der Waals surface area contributed by atoms with E-state index >= 15 is 0 Å². The Labute approximate surface area is 107 Å². The number of thiazole rings is 1. The number of rotatable bonds is 4. The van der Waals surface area contributed by atoms with Gasteiger partial charge in [-0.3, -0.25) is 0 Å². The molecule has 0 radical (unpaired) electrons. The van der Waals surface area contributed by atoms with Gasteiger partial charge in [-0.15, -0.1) is 11.3 Å². The Morgan fingerprint density at radius 3 is 2.94 bits per heavy atom. The SMILES string of the molecule is CN(Cc1cscn1)c1c(F)cccc1C(=O)O. The monoisotopic (exact) mass is 266 g/mol. The van der Waals surface area contributed by atoms with Crippen LogP contribution in [0.1, 0.15) is 16.1 Å². The molecule has 6 heteroatoms. The molecule has 0 amide bonds. The highest BCUT2D eigenvalue weighted by Crippen LogP contribution is 2.24. The highest BCUT2D eigenvalue weighted by Gasteiger charge is 2.18. The number of hydrogen-bond acceptors (Lipinski definition) is 4. The Balaban J connectivity index is 2.34. The summed E-state index contributed by atoms with van der Waals surface area (Å²) in [6.45, 7) is 0.366. The van der Waals surface area contributed by atoms with Gasteiger partial charge in [-0.2, -0.15) is 0 Å². The van der Waals surface area contributed by atoms with Crippen molar-refractivity contribution in [3.8, 4) is 0 Å². The first kappa shape index (κ1) is 12.5. The van der Waals surface area contributed by atoms with Gasteiger partial charge in [-0.05, 0) is 12.1 Å².